The molecule has 1 aliphatic carbocycles. The van der Waals surface area contributed by atoms with E-state index in [9.17, 15) is 0 Å². The van der Waals surface area contributed by atoms with Gasteiger partial charge in [-0.25, -0.2) is 4.98 Å². The standard InChI is InChI=1S/C18H17ClN2OS/c1-10-7-8-13(19)14(9-10)22-17-16-12-5-3-4-6-15(12)23-18(16)21-11(2)20-17/h7-9H,3-6H2,1-2H3. The molecule has 118 valence electrons. The number of aryl methyl sites for hydroxylation is 4. The first-order valence-corrected chi connectivity index (χ1v) is 9.04. The predicted molar refractivity (Wildman–Crippen MR) is 95.1 cm³/mol. The zero-order valence-corrected chi connectivity index (χ0v) is 14.7. The number of aromatic nitrogens is 2. The first-order chi connectivity index (χ1) is 11.1. The summed E-state index contributed by atoms with van der Waals surface area (Å²) in [4.78, 5) is 11.6. The minimum absolute atomic E-state index is 0.601. The van der Waals surface area contributed by atoms with E-state index in [0.717, 1.165) is 34.4 Å². The van der Waals surface area contributed by atoms with Crippen LogP contribution in [-0.2, 0) is 12.8 Å². The summed E-state index contributed by atoms with van der Waals surface area (Å²) in [5, 5.41) is 1.68. The molecular formula is C18H17ClN2OS. The molecule has 0 saturated heterocycles. The maximum Gasteiger partial charge on any atom is 0.231 e. The molecule has 2 aromatic heterocycles. The Kier molecular flexibility index (Phi) is 3.74. The molecule has 0 amide bonds. The van der Waals surface area contributed by atoms with Crippen LogP contribution in [0.5, 0.6) is 11.6 Å². The highest BCUT2D eigenvalue weighted by Crippen LogP contribution is 2.41. The molecule has 0 saturated carbocycles. The molecule has 1 aromatic carbocycles. The summed E-state index contributed by atoms with van der Waals surface area (Å²) >= 11 is 8.07. The quantitative estimate of drug-likeness (QED) is 0.604. The van der Waals surface area contributed by atoms with Gasteiger partial charge in [0.05, 0.1) is 10.4 Å². The lowest BCUT2D eigenvalue weighted by molar-refractivity contribution is 0.466. The maximum atomic E-state index is 6.29. The number of rotatable bonds is 2. The highest BCUT2D eigenvalue weighted by atomic mass is 35.5. The van der Waals surface area contributed by atoms with Crippen molar-refractivity contribution >= 4 is 33.2 Å². The molecule has 0 spiro atoms. The van der Waals surface area contributed by atoms with Gasteiger partial charge in [0, 0.05) is 4.88 Å². The van der Waals surface area contributed by atoms with E-state index in [1.807, 2.05) is 32.0 Å². The van der Waals surface area contributed by atoms with Crippen LogP contribution in [0.3, 0.4) is 0 Å². The van der Waals surface area contributed by atoms with Crippen molar-refractivity contribution in [1.82, 2.24) is 9.97 Å². The molecule has 0 atom stereocenters. The van der Waals surface area contributed by atoms with Gasteiger partial charge in [0.25, 0.3) is 0 Å². The fourth-order valence-corrected chi connectivity index (χ4v) is 4.55. The molecule has 3 nitrogen and oxygen atoms in total. The predicted octanol–water partition coefficient (Wildman–Crippen LogP) is 5.63. The highest BCUT2D eigenvalue weighted by molar-refractivity contribution is 7.18. The molecule has 5 heteroatoms. The second-order valence-electron chi connectivity index (χ2n) is 6.00. The number of benzene rings is 1. The van der Waals surface area contributed by atoms with Crippen molar-refractivity contribution in [2.45, 2.75) is 39.5 Å². The Hall–Kier alpha value is -1.65. The van der Waals surface area contributed by atoms with Crippen molar-refractivity contribution in [3.05, 3.63) is 45.1 Å². The van der Waals surface area contributed by atoms with Crippen LogP contribution in [0.15, 0.2) is 18.2 Å². The van der Waals surface area contributed by atoms with Crippen LogP contribution < -0.4 is 4.74 Å². The lowest BCUT2D eigenvalue weighted by Crippen LogP contribution is -2.00. The zero-order valence-electron chi connectivity index (χ0n) is 13.1. The molecular weight excluding hydrogens is 328 g/mol. The smallest absolute Gasteiger partial charge is 0.231 e. The van der Waals surface area contributed by atoms with Gasteiger partial charge in [-0.2, -0.15) is 4.98 Å². The fraction of sp³-hybridized carbons (Fsp3) is 0.333. The average Bonchev–Trinajstić information content (AvgIpc) is 2.89. The summed E-state index contributed by atoms with van der Waals surface area (Å²) in [7, 11) is 0. The second kappa shape index (κ2) is 5.77. The Balaban J connectivity index is 1.88. The normalized spacial score (nSPS) is 14.0. The third-order valence-corrected chi connectivity index (χ3v) is 5.68. The highest BCUT2D eigenvalue weighted by Gasteiger charge is 2.22. The van der Waals surface area contributed by atoms with E-state index in [2.05, 4.69) is 9.97 Å². The monoisotopic (exact) mass is 344 g/mol. The van der Waals surface area contributed by atoms with Gasteiger partial charge in [0.15, 0.2) is 0 Å². The van der Waals surface area contributed by atoms with Gasteiger partial charge in [-0.1, -0.05) is 17.7 Å². The van der Waals surface area contributed by atoms with Gasteiger partial charge < -0.3 is 4.74 Å². The van der Waals surface area contributed by atoms with Crippen LogP contribution in [-0.4, -0.2) is 9.97 Å². The molecule has 2 heterocycles. The van der Waals surface area contributed by atoms with Gasteiger partial charge in [-0.05, 0) is 62.8 Å². The Morgan fingerprint density at radius 1 is 1.13 bits per heavy atom. The first-order valence-electron chi connectivity index (χ1n) is 7.85. The molecule has 4 rings (SSSR count). The maximum absolute atomic E-state index is 6.29. The molecule has 0 radical (unpaired) electrons. The topological polar surface area (TPSA) is 35.0 Å². The first kappa shape index (κ1) is 14.9. The van der Waals surface area contributed by atoms with Crippen molar-refractivity contribution in [3.63, 3.8) is 0 Å². The zero-order chi connectivity index (χ0) is 16.0. The van der Waals surface area contributed by atoms with Crippen molar-refractivity contribution in [3.8, 4) is 11.6 Å². The number of nitrogens with zero attached hydrogens (tertiary/aromatic N) is 2. The van der Waals surface area contributed by atoms with E-state index in [-0.39, 0.29) is 0 Å². The van der Waals surface area contributed by atoms with Crippen LogP contribution in [0.1, 0.15) is 34.7 Å². The molecule has 0 bridgehead atoms. The van der Waals surface area contributed by atoms with E-state index in [1.165, 1.54) is 23.3 Å². The number of hydrogen-bond donors (Lipinski definition) is 0. The van der Waals surface area contributed by atoms with Crippen molar-refractivity contribution in [1.29, 1.82) is 0 Å². The Bertz CT molecular complexity index is 904. The summed E-state index contributed by atoms with van der Waals surface area (Å²) in [5.41, 5.74) is 2.48. The van der Waals surface area contributed by atoms with E-state index in [1.54, 1.807) is 11.3 Å². The Morgan fingerprint density at radius 2 is 1.96 bits per heavy atom. The molecule has 0 unspecified atom stereocenters. The minimum Gasteiger partial charge on any atom is -0.437 e. The molecule has 0 N–H and O–H groups in total. The van der Waals surface area contributed by atoms with Crippen molar-refractivity contribution < 1.29 is 4.74 Å². The summed E-state index contributed by atoms with van der Waals surface area (Å²) in [6, 6.07) is 5.79. The summed E-state index contributed by atoms with van der Waals surface area (Å²) in [6.45, 7) is 3.93. The van der Waals surface area contributed by atoms with Crippen molar-refractivity contribution in [2.24, 2.45) is 0 Å². The van der Waals surface area contributed by atoms with Crippen LogP contribution in [0.2, 0.25) is 5.02 Å². The van der Waals surface area contributed by atoms with E-state index in [4.69, 9.17) is 16.3 Å². The summed E-state index contributed by atoms with van der Waals surface area (Å²) < 4.78 is 6.13. The third-order valence-electron chi connectivity index (χ3n) is 4.19. The number of thiophene rings is 1. The lowest BCUT2D eigenvalue weighted by Gasteiger charge is -2.13. The van der Waals surface area contributed by atoms with E-state index in [0.29, 0.717) is 16.7 Å². The van der Waals surface area contributed by atoms with E-state index >= 15 is 0 Å². The van der Waals surface area contributed by atoms with Crippen LogP contribution in [0, 0.1) is 13.8 Å². The molecule has 3 aromatic rings. The largest absolute Gasteiger partial charge is 0.437 e. The second-order valence-corrected chi connectivity index (χ2v) is 7.49. The SMILES string of the molecule is Cc1ccc(Cl)c(Oc2nc(C)nc3sc4c(c23)CCCC4)c1. The number of hydrogen-bond acceptors (Lipinski definition) is 4. The van der Waals surface area contributed by atoms with Crippen molar-refractivity contribution in [2.75, 3.05) is 0 Å². The van der Waals surface area contributed by atoms with E-state index < -0.39 is 0 Å². The number of fused-ring (bicyclic) bond motifs is 3. The average molecular weight is 345 g/mol. The Labute approximate surface area is 144 Å². The van der Waals surface area contributed by atoms with Gasteiger partial charge in [-0.3, -0.25) is 0 Å². The van der Waals surface area contributed by atoms with Crippen LogP contribution in [0.25, 0.3) is 10.2 Å². The van der Waals surface area contributed by atoms with Gasteiger partial charge in [0.1, 0.15) is 16.4 Å². The fourth-order valence-electron chi connectivity index (χ4n) is 3.09. The molecule has 1 aliphatic rings. The molecule has 23 heavy (non-hydrogen) atoms. The minimum atomic E-state index is 0.601. The number of halogens is 1. The molecule has 0 fully saturated rings. The summed E-state index contributed by atoms with van der Waals surface area (Å²) in [5.74, 6) is 2.02. The Morgan fingerprint density at radius 3 is 2.83 bits per heavy atom. The lowest BCUT2D eigenvalue weighted by atomic mass is 9.97. The van der Waals surface area contributed by atoms with Gasteiger partial charge in [-0.15, -0.1) is 11.3 Å². The van der Waals surface area contributed by atoms with Crippen LogP contribution >= 0.6 is 22.9 Å². The summed E-state index contributed by atoms with van der Waals surface area (Å²) in [6.07, 6.45) is 4.70. The van der Waals surface area contributed by atoms with Gasteiger partial charge >= 0.3 is 0 Å². The van der Waals surface area contributed by atoms with Crippen LogP contribution in [0.4, 0.5) is 0 Å². The molecule has 0 aliphatic heterocycles. The van der Waals surface area contributed by atoms with Gasteiger partial charge in [0.2, 0.25) is 5.88 Å². The third kappa shape index (κ3) is 2.70. The number of ether oxygens (including phenoxy) is 1.